The van der Waals surface area contributed by atoms with E-state index >= 15 is 0 Å². The zero-order chi connectivity index (χ0) is 19.9. The fraction of sp³-hybridized carbons (Fsp3) is 0.579. The number of piperidine rings is 1. The molecule has 0 bridgehead atoms. The predicted octanol–water partition coefficient (Wildman–Crippen LogP) is 3.12. The van der Waals surface area contributed by atoms with Gasteiger partial charge < -0.3 is 9.42 Å². The van der Waals surface area contributed by atoms with E-state index in [-0.39, 0.29) is 11.3 Å². The number of nitrogens with zero attached hydrogens (tertiary/aromatic N) is 3. The van der Waals surface area contributed by atoms with Crippen molar-refractivity contribution in [1.29, 1.82) is 0 Å². The van der Waals surface area contributed by atoms with E-state index in [2.05, 4.69) is 5.16 Å². The van der Waals surface area contributed by atoms with Crippen LogP contribution < -0.4 is 0 Å². The monoisotopic (exact) mass is 423 g/mol. The van der Waals surface area contributed by atoms with Gasteiger partial charge in [-0.05, 0) is 44.1 Å². The van der Waals surface area contributed by atoms with Crippen molar-refractivity contribution in [1.82, 2.24) is 14.4 Å². The maximum Gasteiger partial charge on any atom is 0.244 e. The lowest BCUT2D eigenvalue weighted by atomic mass is 9.73. The van der Waals surface area contributed by atoms with Crippen LogP contribution in [0.5, 0.6) is 0 Å². The molecule has 28 heavy (non-hydrogen) atoms. The van der Waals surface area contributed by atoms with E-state index in [4.69, 9.17) is 4.52 Å². The molecule has 0 aromatic carbocycles. The minimum atomic E-state index is -3.54. The van der Waals surface area contributed by atoms with Gasteiger partial charge in [-0.1, -0.05) is 5.16 Å². The maximum atomic E-state index is 13.3. The third kappa shape index (κ3) is 3.51. The zero-order valence-electron chi connectivity index (χ0n) is 16.2. The summed E-state index contributed by atoms with van der Waals surface area (Å²) in [5, 5.41) is 3.70. The van der Waals surface area contributed by atoms with Crippen molar-refractivity contribution in [2.75, 3.05) is 26.7 Å². The minimum Gasteiger partial charge on any atom is -0.355 e. The molecule has 2 saturated heterocycles. The second-order valence-corrected chi connectivity index (χ2v) is 11.0. The SMILES string of the molecule is Cc1sc(-c2ccno2)cc1S(=O)(=O)N1CCC2(CCC(=O)N(C)CC2)CC1. The van der Waals surface area contributed by atoms with Crippen LogP contribution in [0, 0.1) is 12.3 Å². The lowest BCUT2D eigenvalue weighted by molar-refractivity contribution is -0.129. The van der Waals surface area contributed by atoms with Gasteiger partial charge in [0.15, 0.2) is 5.76 Å². The van der Waals surface area contributed by atoms with Crippen molar-refractivity contribution in [3.05, 3.63) is 23.2 Å². The van der Waals surface area contributed by atoms with Gasteiger partial charge in [-0.25, -0.2) is 8.42 Å². The zero-order valence-corrected chi connectivity index (χ0v) is 17.8. The van der Waals surface area contributed by atoms with Crippen molar-refractivity contribution in [2.24, 2.45) is 5.41 Å². The first-order valence-corrected chi connectivity index (χ1v) is 11.8. The summed E-state index contributed by atoms with van der Waals surface area (Å²) in [5.74, 6) is 0.778. The number of rotatable bonds is 3. The number of thiophene rings is 1. The Labute approximate surface area is 169 Å². The summed E-state index contributed by atoms with van der Waals surface area (Å²) in [6.45, 7) is 3.60. The van der Waals surface area contributed by atoms with Gasteiger partial charge >= 0.3 is 0 Å². The van der Waals surface area contributed by atoms with Gasteiger partial charge in [0.1, 0.15) is 0 Å². The second kappa shape index (κ2) is 7.27. The van der Waals surface area contributed by atoms with Gasteiger partial charge in [0.05, 0.1) is 16.0 Å². The van der Waals surface area contributed by atoms with Crippen LogP contribution >= 0.6 is 11.3 Å². The van der Waals surface area contributed by atoms with Gasteiger partial charge in [0.25, 0.3) is 0 Å². The Morgan fingerprint density at radius 1 is 1.18 bits per heavy atom. The minimum absolute atomic E-state index is 0.0845. The summed E-state index contributed by atoms with van der Waals surface area (Å²) in [6.07, 6.45) is 5.55. The molecule has 7 nitrogen and oxygen atoms in total. The van der Waals surface area contributed by atoms with Crippen LogP contribution in [0.15, 0.2) is 27.7 Å². The van der Waals surface area contributed by atoms with E-state index in [0.717, 1.165) is 42.0 Å². The van der Waals surface area contributed by atoms with Crippen LogP contribution in [0.3, 0.4) is 0 Å². The molecule has 0 saturated carbocycles. The summed E-state index contributed by atoms with van der Waals surface area (Å²) >= 11 is 1.41. The smallest absolute Gasteiger partial charge is 0.244 e. The van der Waals surface area contributed by atoms with Gasteiger partial charge in [0, 0.05) is 44.0 Å². The van der Waals surface area contributed by atoms with Gasteiger partial charge in [-0.15, -0.1) is 11.3 Å². The Balaban J connectivity index is 1.51. The van der Waals surface area contributed by atoms with Gasteiger partial charge in [0.2, 0.25) is 15.9 Å². The highest BCUT2D eigenvalue weighted by Crippen LogP contribution is 2.43. The Morgan fingerprint density at radius 2 is 1.89 bits per heavy atom. The number of likely N-dealkylation sites (tertiary alicyclic amines) is 1. The Kier molecular flexibility index (Phi) is 5.09. The molecule has 2 aromatic heterocycles. The van der Waals surface area contributed by atoms with Gasteiger partial charge in [-0.2, -0.15) is 4.31 Å². The Hall–Kier alpha value is -1.71. The van der Waals surface area contributed by atoms with E-state index in [0.29, 0.717) is 30.2 Å². The molecule has 2 aliphatic heterocycles. The standard InChI is InChI=1S/C19H25N3O4S2/c1-14-17(13-16(27-14)15-4-9-20-26-15)28(24,25)22-11-7-19(8-12-22)5-3-18(23)21(2)10-6-19/h4,9,13H,3,5-8,10-12H2,1-2H3. The van der Waals surface area contributed by atoms with Crippen LogP contribution in [-0.2, 0) is 14.8 Å². The average Bonchev–Trinajstić information content (AvgIpc) is 3.32. The maximum absolute atomic E-state index is 13.3. The summed E-state index contributed by atoms with van der Waals surface area (Å²) < 4.78 is 33.3. The molecule has 4 rings (SSSR count). The summed E-state index contributed by atoms with van der Waals surface area (Å²) in [4.78, 5) is 15.7. The number of hydrogen-bond donors (Lipinski definition) is 0. The summed E-state index contributed by atoms with van der Waals surface area (Å²) in [7, 11) is -1.69. The topological polar surface area (TPSA) is 83.7 Å². The molecule has 2 aliphatic rings. The van der Waals surface area contributed by atoms with Crippen LogP contribution in [-0.4, -0.2) is 55.4 Å². The third-order valence-electron chi connectivity index (χ3n) is 6.23. The van der Waals surface area contributed by atoms with E-state index < -0.39 is 10.0 Å². The number of carbonyl (C=O) groups is 1. The number of sulfonamides is 1. The van der Waals surface area contributed by atoms with Crippen molar-refractivity contribution in [3.8, 4) is 10.6 Å². The number of aryl methyl sites for hydroxylation is 1. The molecular formula is C19H25N3O4S2. The molecule has 152 valence electrons. The van der Waals surface area contributed by atoms with Crippen molar-refractivity contribution >= 4 is 27.3 Å². The van der Waals surface area contributed by atoms with Gasteiger partial charge in [-0.3, -0.25) is 4.79 Å². The van der Waals surface area contributed by atoms with Crippen LogP contribution in [0.2, 0.25) is 0 Å². The van der Waals surface area contributed by atoms with Crippen molar-refractivity contribution in [3.63, 3.8) is 0 Å². The molecular weight excluding hydrogens is 398 g/mol. The molecule has 0 unspecified atom stereocenters. The fourth-order valence-corrected chi connectivity index (χ4v) is 7.20. The molecule has 1 spiro atoms. The number of amides is 1. The molecule has 9 heteroatoms. The molecule has 2 aromatic rings. The molecule has 0 atom stereocenters. The highest BCUT2D eigenvalue weighted by Gasteiger charge is 2.40. The lowest BCUT2D eigenvalue weighted by Crippen LogP contribution is -2.43. The second-order valence-electron chi connectivity index (χ2n) is 7.88. The normalized spacial score (nSPS) is 21.2. The molecule has 0 aliphatic carbocycles. The highest BCUT2D eigenvalue weighted by atomic mass is 32.2. The largest absolute Gasteiger partial charge is 0.355 e. The van der Waals surface area contributed by atoms with E-state index in [9.17, 15) is 13.2 Å². The lowest BCUT2D eigenvalue weighted by Gasteiger charge is -2.40. The molecule has 0 N–H and O–H groups in total. The third-order valence-corrected chi connectivity index (χ3v) is 9.45. The summed E-state index contributed by atoms with van der Waals surface area (Å²) in [5.41, 5.74) is 0.0845. The van der Waals surface area contributed by atoms with E-state index in [1.807, 2.05) is 14.0 Å². The quantitative estimate of drug-likeness (QED) is 0.757. The van der Waals surface area contributed by atoms with Crippen LogP contribution in [0.4, 0.5) is 0 Å². The van der Waals surface area contributed by atoms with Crippen molar-refractivity contribution < 1.29 is 17.7 Å². The summed E-state index contributed by atoms with van der Waals surface area (Å²) in [6, 6.07) is 3.43. The van der Waals surface area contributed by atoms with Crippen molar-refractivity contribution in [2.45, 2.75) is 43.9 Å². The van der Waals surface area contributed by atoms with E-state index in [1.54, 1.807) is 27.5 Å². The number of hydrogen-bond acceptors (Lipinski definition) is 6. The van der Waals surface area contributed by atoms with Crippen LogP contribution in [0.25, 0.3) is 10.6 Å². The number of aromatic nitrogens is 1. The predicted molar refractivity (Wildman–Crippen MR) is 106 cm³/mol. The first kappa shape index (κ1) is 19.6. The Bertz CT molecular complexity index is 957. The molecule has 0 radical (unpaired) electrons. The molecule has 4 heterocycles. The number of carbonyl (C=O) groups excluding carboxylic acids is 1. The van der Waals surface area contributed by atoms with Crippen LogP contribution in [0.1, 0.15) is 37.0 Å². The Morgan fingerprint density at radius 3 is 2.57 bits per heavy atom. The first-order chi connectivity index (χ1) is 13.3. The molecule has 1 amide bonds. The molecule has 2 fully saturated rings. The first-order valence-electron chi connectivity index (χ1n) is 9.56. The average molecular weight is 424 g/mol. The highest BCUT2D eigenvalue weighted by molar-refractivity contribution is 7.89. The fourth-order valence-electron chi connectivity index (χ4n) is 4.24. The van der Waals surface area contributed by atoms with E-state index in [1.165, 1.54) is 11.3 Å².